The van der Waals surface area contributed by atoms with Gasteiger partial charge >= 0.3 is 0 Å². The van der Waals surface area contributed by atoms with Gasteiger partial charge in [0, 0.05) is 19.2 Å². The summed E-state index contributed by atoms with van der Waals surface area (Å²) in [6, 6.07) is 1.88. The fourth-order valence-electron chi connectivity index (χ4n) is 1.94. The normalized spacial score (nSPS) is 20.7. The van der Waals surface area contributed by atoms with Gasteiger partial charge < -0.3 is 9.64 Å². The van der Waals surface area contributed by atoms with Crippen LogP contribution in [0.25, 0.3) is 0 Å². The van der Waals surface area contributed by atoms with Gasteiger partial charge in [-0.3, -0.25) is 0 Å². The summed E-state index contributed by atoms with van der Waals surface area (Å²) in [6.45, 7) is 5.82. The van der Waals surface area contributed by atoms with Crippen LogP contribution in [-0.4, -0.2) is 34.5 Å². The quantitative estimate of drug-likeness (QED) is 0.778. The van der Waals surface area contributed by atoms with Crippen molar-refractivity contribution >= 4 is 17.4 Å². The zero-order valence-corrected chi connectivity index (χ0v) is 11.0. The molecule has 0 spiro atoms. The number of piperidine rings is 1. The van der Waals surface area contributed by atoms with E-state index in [2.05, 4.69) is 14.9 Å². The third-order valence-electron chi connectivity index (χ3n) is 2.67. The highest BCUT2D eigenvalue weighted by Crippen LogP contribution is 2.22. The summed E-state index contributed by atoms with van der Waals surface area (Å²) < 4.78 is 5.56. The van der Waals surface area contributed by atoms with E-state index in [1.807, 2.05) is 19.9 Å². The van der Waals surface area contributed by atoms with E-state index >= 15 is 0 Å². The Kier molecular flexibility index (Phi) is 4.05. The van der Waals surface area contributed by atoms with Crippen molar-refractivity contribution in [3.63, 3.8) is 0 Å². The number of ether oxygens (including phenoxy) is 1. The molecule has 1 fully saturated rings. The third-order valence-corrected chi connectivity index (χ3v) is 3.03. The molecule has 0 saturated carbocycles. The minimum atomic E-state index is 0.125. The Hall–Kier alpha value is -1.03. The number of hydrogen-bond donors (Lipinski definition) is 0. The van der Waals surface area contributed by atoms with Crippen LogP contribution < -0.4 is 9.64 Å². The molecule has 0 bridgehead atoms. The van der Waals surface area contributed by atoms with E-state index in [1.165, 1.54) is 0 Å². The summed E-state index contributed by atoms with van der Waals surface area (Å²) in [5, 5.41) is 0.216. The van der Waals surface area contributed by atoms with Crippen molar-refractivity contribution in [3.05, 3.63) is 12.4 Å². The molecule has 0 aromatic carbocycles. The molecule has 1 saturated heterocycles. The van der Waals surface area contributed by atoms with Gasteiger partial charge in [-0.1, -0.05) is 0 Å². The summed E-state index contributed by atoms with van der Waals surface area (Å²) in [5.74, 6) is 1.53. The minimum Gasteiger partial charge on any atom is -0.475 e. The average Bonchev–Trinajstić information content (AvgIpc) is 2.28. The Labute approximate surface area is 107 Å². The lowest BCUT2D eigenvalue weighted by molar-refractivity contribution is 0.232. The van der Waals surface area contributed by atoms with Gasteiger partial charge in [0.1, 0.15) is 12.1 Å². The number of anilines is 1. The highest BCUT2D eigenvalue weighted by atomic mass is 35.5. The number of halogens is 1. The molecular formula is C12H18ClN3O. The Balaban J connectivity index is 2.09. The first-order valence-corrected chi connectivity index (χ1v) is 6.46. The molecule has 1 aromatic rings. The summed E-state index contributed by atoms with van der Waals surface area (Å²) in [6.07, 6.45) is 3.86. The average molecular weight is 256 g/mol. The Morgan fingerprint density at radius 2 is 2.29 bits per heavy atom. The lowest BCUT2D eigenvalue weighted by Crippen LogP contribution is -2.36. The maximum absolute atomic E-state index is 6.17. The first-order valence-electron chi connectivity index (χ1n) is 6.03. The number of hydrogen-bond acceptors (Lipinski definition) is 4. The Bertz CT molecular complexity index is 373. The Morgan fingerprint density at radius 3 is 3.00 bits per heavy atom. The molecular weight excluding hydrogens is 238 g/mol. The van der Waals surface area contributed by atoms with Crippen LogP contribution in [0.2, 0.25) is 0 Å². The van der Waals surface area contributed by atoms with Crippen LogP contribution in [0, 0.1) is 0 Å². The fourth-order valence-corrected chi connectivity index (χ4v) is 2.26. The van der Waals surface area contributed by atoms with Gasteiger partial charge in [-0.15, -0.1) is 11.6 Å². The number of rotatable bonds is 3. The van der Waals surface area contributed by atoms with E-state index in [1.54, 1.807) is 6.33 Å². The molecule has 0 aliphatic carbocycles. The van der Waals surface area contributed by atoms with Gasteiger partial charge in [0.2, 0.25) is 5.88 Å². The van der Waals surface area contributed by atoms with Gasteiger partial charge in [-0.2, -0.15) is 0 Å². The van der Waals surface area contributed by atoms with Crippen LogP contribution in [0.4, 0.5) is 5.82 Å². The molecule has 1 atom stereocenters. The standard InChI is InChI=1S/C12H18ClN3O/c1-9(2)17-12-6-11(14-8-15-12)16-5-3-4-10(13)7-16/h6,8-10H,3-5,7H2,1-2H3. The van der Waals surface area contributed by atoms with E-state index in [0.29, 0.717) is 5.88 Å². The molecule has 1 aliphatic rings. The van der Waals surface area contributed by atoms with E-state index in [-0.39, 0.29) is 11.5 Å². The minimum absolute atomic E-state index is 0.125. The van der Waals surface area contributed by atoms with Gasteiger partial charge in [-0.25, -0.2) is 9.97 Å². The predicted molar refractivity (Wildman–Crippen MR) is 68.9 cm³/mol. The first-order chi connectivity index (χ1) is 8.15. The Morgan fingerprint density at radius 1 is 1.47 bits per heavy atom. The second-order valence-corrected chi connectivity index (χ2v) is 5.18. The number of nitrogens with zero attached hydrogens (tertiary/aromatic N) is 3. The maximum atomic E-state index is 6.17. The van der Waals surface area contributed by atoms with Crippen molar-refractivity contribution in [1.82, 2.24) is 9.97 Å². The molecule has 1 unspecified atom stereocenters. The van der Waals surface area contributed by atoms with Crippen LogP contribution in [0.3, 0.4) is 0 Å². The van der Waals surface area contributed by atoms with Gasteiger partial charge in [-0.05, 0) is 26.7 Å². The lowest BCUT2D eigenvalue weighted by atomic mass is 10.1. The SMILES string of the molecule is CC(C)Oc1cc(N2CCCC(Cl)C2)ncn1. The van der Waals surface area contributed by atoms with Crippen LogP contribution in [-0.2, 0) is 0 Å². The second-order valence-electron chi connectivity index (χ2n) is 4.57. The van der Waals surface area contributed by atoms with Gasteiger partial charge in [0.25, 0.3) is 0 Å². The molecule has 0 N–H and O–H groups in total. The highest BCUT2D eigenvalue weighted by molar-refractivity contribution is 6.21. The fraction of sp³-hybridized carbons (Fsp3) is 0.667. The van der Waals surface area contributed by atoms with E-state index in [9.17, 15) is 0 Å². The maximum Gasteiger partial charge on any atom is 0.218 e. The molecule has 5 heteroatoms. The van der Waals surface area contributed by atoms with E-state index in [0.717, 1.165) is 31.7 Å². The van der Waals surface area contributed by atoms with Crippen molar-refractivity contribution in [1.29, 1.82) is 0 Å². The predicted octanol–water partition coefficient (Wildman–Crippen LogP) is 2.47. The summed E-state index contributed by atoms with van der Waals surface area (Å²) in [4.78, 5) is 10.6. The number of alkyl halides is 1. The highest BCUT2D eigenvalue weighted by Gasteiger charge is 2.19. The molecule has 4 nitrogen and oxygen atoms in total. The molecule has 0 amide bonds. The lowest BCUT2D eigenvalue weighted by Gasteiger charge is -2.30. The second kappa shape index (κ2) is 5.54. The van der Waals surface area contributed by atoms with Crippen molar-refractivity contribution in [3.8, 4) is 5.88 Å². The zero-order valence-electron chi connectivity index (χ0n) is 10.3. The van der Waals surface area contributed by atoms with Crippen LogP contribution >= 0.6 is 11.6 Å². The van der Waals surface area contributed by atoms with Crippen LogP contribution in [0.1, 0.15) is 26.7 Å². The van der Waals surface area contributed by atoms with Crippen molar-refractivity contribution in [2.75, 3.05) is 18.0 Å². The molecule has 2 rings (SSSR count). The topological polar surface area (TPSA) is 38.2 Å². The molecule has 17 heavy (non-hydrogen) atoms. The molecule has 0 radical (unpaired) electrons. The largest absolute Gasteiger partial charge is 0.475 e. The van der Waals surface area contributed by atoms with Crippen molar-refractivity contribution in [2.45, 2.75) is 38.2 Å². The first kappa shape index (κ1) is 12.4. The van der Waals surface area contributed by atoms with Crippen molar-refractivity contribution in [2.24, 2.45) is 0 Å². The molecule has 2 heterocycles. The summed E-state index contributed by atoms with van der Waals surface area (Å²) >= 11 is 6.17. The summed E-state index contributed by atoms with van der Waals surface area (Å²) in [7, 11) is 0. The monoisotopic (exact) mass is 255 g/mol. The van der Waals surface area contributed by atoms with Crippen molar-refractivity contribution < 1.29 is 4.74 Å². The smallest absolute Gasteiger partial charge is 0.218 e. The third kappa shape index (κ3) is 3.46. The van der Waals surface area contributed by atoms with Gasteiger partial charge in [0.05, 0.1) is 11.5 Å². The zero-order chi connectivity index (χ0) is 12.3. The molecule has 1 aromatic heterocycles. The van der Waals surface area contributed by atoms with Gasteiger partial charge in [0.15, 0.2) is 0 Å². The molecule has 94 valence electrons. The van der Waals surface area contributed by atoms with E-state index < -0.39 is 0 Å². The summed E-state index contributed by atoms with van der Waals surface area (Å²) in [5.41, 5.74) is 0. The number of aromatic nitrogens is 2. The van der Waals surface area contributed by atoms with E-state index in [4.69, 9.17) is 16.3 Å². The van der Waals surface area contributed by atoms with Crippen LogP contribution in [0.15, 0.2) is 12.4 Å². The molecule has 1 aliphatic heterocycles. The van der Waals surface area contributed by atoms with Crippen LogP contribution in [0.5, 0.6) is 5.88 Å².